The van der Waals surface area contributed by atoms with Gasteiger partial charge in [-0.05, 0) is 25.5 Å². The maximum atomic E-state index is 4.40. The highest BCUT2D eigenvalue weighted by molar-refractivity contribution is 9.09. The number of rotatable bonds is 2. The third-order valence-electron chi connectivity index (χ3n) is 1.59. The molecule has 0 bridgehead atoms. The SMILES string of the molecule is CC[C@@H](Br)c1cccc(C)n1. The molecule has 0 amide bonds. The average Bonchev–Trinajstić information content (AvgIpc) is 2.03. The van der Waals surface area contributed by atoms with E-state index in [0.717, 1.165) is 17.8 Å². The first-order valence-electron chi connectivity index (χ1n) is 3.81. The minimum absolute atomic E-state index is 0.405. The van der Waals surface area contributed by atoms with Gasteiger partial charge < -0.3 is 0 Å². The van der Waals surface area contributed by atoms with Crippen LogP contribution in [0.5, 0.6) is 0 Å². The van der Waals surface area contributed by atoms with Crippen LogP contribution < -0.4 is 0 Å². The van der Waals surface area contributed by atoms with Crippen LogP contribution in [-0.4, -0.2) is 4.98 Å². The molecule has 0 saturated carbocycles. The van der Waals surface area contributed by atoms with Crippen molar-refractivity contribution in [2.45, 2.75) is 25.1 Å². The van der Waals surface area contributed by atoms with Crippen molar-refractivity contribution in [3.63, 3.8) is 0 Å². The van der Waals surface area contributed by atoms with Crippen LogP contribution in [0.25, 0.3) is 0 Å². The van der Waals surface area contributed by atoms with E-state index in [2.05, 4.69) is 33.9 Å². The Morgan fingerprint density at radius 3 is 2.82 bits per heavy atom. The number of alkyl halides is 1. The Balaban J connectivity index is 2.86. The molecule has 1 aromatic heterocycles. The number of nitrogens with zero attached hydrogens (tertiary/aromatic N) is 1. The Morgan fingerprint density at radius 1 is 1.55 bits per heavy atom. The number of pyridine rings is 1. The van der Waals surface area contributed by atoms with Crippen molar-refractivity contribution in [2.75, 3.05) is 0 Å². The second-order valence-corrected chi connectivity index (χ2v) is 3.68. The molecule has 0 fully saturated rings. The molecule has 1 aromatic rings. The van der Waals surface area contributed by atoms with E-state index >= 15 is 0 Å². The summed E-state index contributed by atoms with van der Waals surface area (Å²) >= 11 is 3.56. The molecule has 1 heterocycles. The van der Waals surface area contributed by atoms with Crippen molar-refractivity contribution in [1.82, 2.24) is 4.98 Å². The summed E-state index contributed by atoms with van der Waals surface area (Å²) in [5, 5.41) is 0. The van der Waals surface area contributed by atoms with E-state index in [4.69, 9.17) is 0 Å². The zero-order chi connectivity index (χ0) is 8.27. The van der Waals surface area contributed by atoms with Crippen LogP contribution >= 0.6 is 15.9 Å². The van der Waals surface area contributed by atoms with Crippen molar-refractivity contribution in [2.24, 2.45) is 0 Å². The largest absolute Gasteiger partial charge is 0.257 e. The minimum atomic E-state index is 0.405. The molecule has 0 aliphatic carbocycles. The van der Waals surface area contributed by atoms with Gasteiger partial charge in [0.2, 0.25) is 0 Å². The highest BCUT2D eigenvalue weighted by Crippen LogP contribution is 2.23. The number of hydrogen-bond donors (Lipinski definition) is 0. The molecule has 0 radical (unpaired) electrons. The van der Waals surface area contributed by atoms with Gasteiger partial charge in [0.1, 0.15) is 0 Å². The molecule has 1 rings (SSSR count). The van der Waals surface area contributed by atoms with Gasteiger partial charge in [0, 0.05) is 5.69 Å². The molecule has 0 N–H and O–H groups in total. The normalized spacial score (nSPS) is 13.0. The summed E-state index contributed by atoms with van der Waals surface area (Å²) in [6.45, 7) is 4.16. The smallest absolute Gasteiger partial charge is 0.0565 e. The highest BCUT2D eigenvalue weighted by Gasteiger charge is 2.04. The van der Waals surface area contributed by atoms with Crippen molar-refractivity contribution >= 4 is 15.9 Å². The van der Waals surface area contributed by atoms with E-state index in [1.807, 2.05) is 19.1 Å². The fourth-order valence-corrected chi connectivity index (χ4v) is 1.20. The molecule has 2 heteroatoms. The Labute approximate surface area is 76.0 Å². The number of aromatic nitrogens is 1. The second kappa shape index (κ2) is 3.86. The Morgan fingerprint density at radius 2 is 2.27 bits per heavy atom. The van der Waals surface area contributed by atoms with E-state index in [1.165, 1.54) is 0 Å². The highest BCUT2D eigenvalue weighted by atomic mass is 79.9. The zero-order valence-corrected chi connectivity index (χ0v) is 8.43. The van der Waals surface area contributed by atoms with Crippen LogP contribution in [0.4, 0.5) is 0 Å². The van der Waals surface area contributed by atoms with Gasteiger partial charge in [-0.25, -0.2) is 0 Å². The maximum absolute atomic E-state index is 4.40. The van der Waals surface area contributed by atoms with E-state index in [-0.39, 0.29) is 0 Å². The molecular weight excluding hydrogens is 202 g/mol. The molecule has 0 spiro atoms. The predicted octanol–water partition coefficient (Wildman–Crippen LogP) is 3.24. The van der Waals surface area contributed by atoms with Gasteiger partial charge in [-0.3, -0.25) is 4.98 Å². The second-order valence-electron chi connectivity index (χ2n) is 2.58. The van der Waals surface area contributed by atoms with Crippen LogP contribution in [0.3, 0.4) is 0 Å². The summed E-state index contributed by atoms with van der Waals surface area (Å²) in [6.07, 6.45) is 1.08. The summed E-state index contributed by atoms with van der Waals surface area (Å²) < 4.78 is 0. The first kappa shape index (κ1) is 8.72. The summed E-state index contributed by atoms with van der Waals surface area (Å²) in [4.78, 5) is 4.80. The maximum Gasteiger partial charge on any atom is 0.0565 e. The molecule has 11 heavy (non-hydrogen) atoms. The third-order valence-corrected chi connectivity index (χ3v) is 2.71. The van der Waals surface area contributed by atoms with Gasteiger partial charge in [-0.15, -0.1) is 0 Å². The number of hydrogen-bond acceptors (Lipinski definition) is 1. The lowest BCUT2D eigenvalue weighted by atomic mass is 10.2. The quantitative estimate of drug-likeness (QED) is 0.688. The Kier molecular flexibility index (Phi) is 3.06. The summed E-state index contributed by atoms with van der Waals surface area (Å²) in [6, 6.07) is 6.11. The molecular formula is C9H12BrN. The van der Waals surface area contributed by atoms with Gasteiger partial charge in [0.25, 0.3) is 0 Å². The first-order chi connectivity index (χ1) is 5.24. The Hall–Kier alpha value is -0.370. The van der Waals surface area contributed by atoms with Crippen molar-refractivity contribution in [1.29, 1.82) is 0 Å². The fraction of sp³-hybridized carbons (Fsp3) is 0.444. The van der Waals surface area contributed by atoms with Crippen LogP contribution in [0, 0.1) is 6.92 Å². The molecule has 0 aliphatic rings. The lowest BCUT2D eigenvalue weighted by Gasteiger charge is -2.05. The van der Waals surface area contributed by atoms with E-state index < -0.39 is 0 Å². The molecule has 0 unspecified atom stereocenters. The number of halogens is 1. The molecule has 0 saturated heterocycles. The van der Waals surface area contributed by atoms with Gasteiger partial charge in [0.15, 0.2) is 0 Å². The topological polar surface area (TPSA) is 12.9 Å². The molecule has 0 aromatic carbocycles. The van der Waals surface area contributed by atoms with Gasteiger partial charge in [-0.2, -0.15) is 0 Å². The van der Waals surface area contributed by atoms with Gasteiger partial charge >= 0.3 is 0 Å². The lowest BCUT2D eigenvalue weighted by molar-refractivity contribution is 0.865. The van der Waals surface area contributed by atoms with Gasteiger partial charge in [0.05, 0.1) is 10.5 Å². The third kappa shape index (κ3) is 2.29. The van der Waals surface area contributed by atoms with Crippen LogP contribution in [-0.2, 0) is 0 Å². The lowest BCUT2D eigenvalue weighted by Crippen LogP contribution is -1.93. The number of aryl methyl sites for hydroxylation is 1. The molecule has 1 nitrogen and oxygen atoms in total. The molecule has 1 atom stereocenters. The minimum Gasteiger partial charge on any atom is -0.257 e. The summed E-state index contributed by atoms with van der Waals surface area (Å²) in [5.41, 5.74) is 2.22. The molecule has 60 valence electrons. The van der Waals surface area contributed by atoms with E-state index in [0.29, 0.717) is 4.83 Å². The van der Waals surface area contributed by atoms with Crippen molar-refractivity contribution in [3.8, 4) is 0 Å². The molecule has 0 aliphatic heterocycles. The van der Waals surface area contributed by atoms with Crippen LogP contribution in [0.2, 0.25) is 0 Å². The van der Waals surface area contributed by atoms with Crippen LogP contribution in [0.15, 0.2) is 18.2 Å². The van der Waals surface area contributed by atoms with E-state index in [1.54, 1.807) is 0 Å². The first-order valence-corrected chi connectivity index (χ1v) is 4.73. The van der Waals surface area contributed by atoms with Crippen molar-refractivity contribution < 1.29 is 0 Å². The van der Waals surface area contributed by atoms with Crippen molar-refractivity contribution in [3.05, 3.63) is 29.6 Å². The summed E-state index contributed by atoms with van der Waals surface area (Å²) in [5.74, 6) is 0. The van der Waals surface area contributed by atoms with Gasteiger partial charge in [-0.1, -0.05) is 28.9 Å². The van der Waals surface area contributed by atoms with E-state index in [9.17, 15) is 0 Å². The fourth-order valence-electron chi connectivity index (χ4n) is 0.948. The van der Waals surface area contributed by atoms with Crippen LogP contribution in [0.1, 0.15) is 29.6 Å². The average molecular weight is 214 g/mol. The predicted molar refractivity (Wildman–Crippen MR) is 50.9 cm³/mol. The summed E-state index contributed by atoms with van der Waals surface area (Å²) in [7, 11) is 0. The Bertz CT molecular complexity index is 235. The zero-order valence-electron chi connectivity index (χ0n) is 6.84. The standard InChI is InChI=1S/C9H12BrN/c1-3-8(10)9-6-4-5-7(2)11-9/h4-6,8H,3H2,1-2H3/t8-/m1/s1. The monoisotopic (exact) mass is 213 g/mol.